The number of rotatable bonds is 8. The van der Waals surface area contributed by atoms with E-state index in [2.05, 4.69) is 12.1 Å². The molecular weight excluding hydrogens is 260 g/mol. The minimum atomic E-state index is -0.216. The van der Waals surface area contributed by atoms with Gasteiger partial charge in [0.2, 0.25) is 0 Å². The smallest absolute Gasteiger partial charge is 0.199 e. The maximum Gasteiger partial charge on any atom is 0.199 e. The van der Waals surface area contributed by atoms with Gasteiger partial charge in [-0.05, 0) is 30.9 Å². The number of carbonyl (C=O) groups is 1. The summed E-state index contributed by atoms with van der Waals surface area (Å²) in [5, 5.41) is 0.115. The number of hydrogen-bond donors (Lipinski definition) is 0. The Labute approximate surface area is 119 Å². The first-order valence-corrected chi connectivity index (χ1v) is 6.84. The molecule has 1 rings (SSSR count). The molecule has 19 heavy (non-hydrogen) atoms. The van der Waals surface area contributed by atoms with E-state index in [9.17, 15) is 4.79 Å². The second-order valence-corrected chi connectivity index (χ2v) is 4.51. The summed E-state index contributed by atoms with van der Waals surface area (Å²) in [6.07, 6.45) is 7.22. The topological polar surface area (TPSA) is 26.3 Å². The number of benzene rings is 1. The molecule has 0 amide bonds. The predicted octanol–water partition coefficient (Wildman–Crippen LogP) is 4.25. The van der Waals surface area contributed by atoms with Crippen molar-refractivity contribution < 1.29 is 9.53 Å². The van der Waals surface area contributed by atoms with E-state index in [1.54, 1.807) is 6.08 Å². The molecular formula is C16H19ClO2. The highest BCUT2D eigenvalue weighted by Crippen LogP contribution is 2.06. The summed E-state index contributed by atoms with van der Waals surface area (Å²) in [6.45, 7) is 2.51. The Hall–Kier alpha value is -1.54. The van der Waals surface area contributed by atoms with E-state index in [1.807, 2.05) is 25.1 Å². The van der Waals surface area contributed by atoms with Crippen molar-refractivity contribution in [3.05, 3.63) is 59.3 Å². The Morgan fingerprint density at radius 3 is 2.74 bits per heavy atom. The first-order chi connectivity index (χ1) is 9.24. The number of carbonyl (C=O) groups excluding carboxylic acids is 1. The molecule has 0 unspecified atom stereocenters. The van der Waals surface area contributed by atoms with Crippen molar-refractivity contribution in [2.45, 2.75) is 26.2 Å². The van der Waals surface area contributed by atoms with Crippen molar-refractivity contribution in [2.75, 3.05) is 6.61 Å². The van der Waals surface area contributed by atoms with Crippen LogP contribution in [0.4, 0.5) is 0 Å². The lowest BCUT2D eigenvalue weighted by Crippen LogP contribution is -1.96. The molecule has 0 saturated heterocycles. The van der Waals surface area contributed by atoms with Crippen molar-refractivity contribution in [1.82, 2.24) is 0 Å². The van der Waals surface area contributed by atoms with Crippen LogP contribution in [0.25, 0.3) is 0 Å². The summed E-state index contributed by atoms with van der Waals surface area (Å²) in [7, 11) is 0. The average molecular weight is 279 g/mol. The van der Waals surface area contributed by atoms with Gasteiger partial charge in [0.15, 0.2) is 5.78 Å². The van der Waals surface area contributed by atoms with Gasteiger partial charge in [-0.2, -0.15) is 0 Å². The molecule has 3 heteroatoms. The van der Waals surface area contributed by atoms with Crippen LogP contribution in [-0.2, 0) is 16.0 Å². The van der Waals surface area contributed by atoms with Crippen LogP contribution in [0.5, 0.6) is 0 Å². The second-order valence-electron chi connectivity index (χ2n) is 4.10. The van der Waals surface area contributed by atoms with Gasteiger partial charge >= 0.3 is 0 Å². The number of aryl methyl sites for hydroxylation is 1. The lowest BCUT2D eigenvalue weighted by atomic mass is 10.1. The maximum atomic E-state index is 11.4. The van der Waals surface area contributed by atoms with E-state index in [0.29, 0.717) is 6.61 Å². The molecule has 0 aromatic heterocycles. The van der Waals surface area contributed by atoms with Crippen molar-refractivity contribution in [3.63, 3.8) is 0 Å². The quantitative estimate of drug-likeness (QED) is 0.404. The lowest BCUT2D eigenvalue weighted by Gasteiger charge is -2.02. The monoisotopic (exact) mass is 278 g/mol. The van der Waals surface area contributed by atoms with Gasteiger partial charge in [-0.15, -0.1) is 0 Å². The molecule has 1 aromatic carbocycles. The molecule has 102 valence electrons. The molecule has 0 aliphatic carbocycles. The fourth-order valence-corrected chi connectivity index (χ4v) is 1.62. The van der Waals surface area contributed by atoms with Crippen molar-refractivity contribution in [3.8, 4) is 0 Å². The highest BCUT2D eigenvalue weighted by Gasteiger charge is 2.01. The Morgan fingerprint density at radius 2 is 2.05 bits per heavy atom. The molecule has 2 nitrogen and oxygen atoms in total. The second kappa shape index (κ2) is 9.40. The number of ketones is 1. The zero-order chi connectivity index (χ0) is 13.9. The van der Waals surface area contributed by atoms with Gasteiger partial charge in [-0.3, -0.25) is 4.79 Å². The molecule has 0 N–H and O–H groups in total. The van der Waals surface area contributed by atoms with Gasteiger partial charge in [0, 0.05) is 0 Å². The van der Waals surface area contributed by atoms with Gasteiger partial charge in [-0.25, -0.2) is 0 Å². The van der Waals surface area contributed by atoms with E-state index >= 15 is 0 Å². The van der Waals surface area contributed by atoms with Gasteiger partial charge in [0.05, 0.1) is 6.61 Å². The van der Waals surface area contributed by atoms with Crippen LogP contribution in [0.15, 0.2) is 53.8 Å². The molecule has 0 bridgehead atoms. The van der Waals surface area contributed by atoms with E-state index < -0.39 is 0 Å². The summed E-state index contributed by atoms with van der Waals surface area (Å²) in [6, 6.07) is 10.2. The standard InChI is InChI=1S/C16H19ClO2/c1-2-3-11-16(18)15(17)13-19-12-7-10-14-8-5-4-6-9-14/h3-6,8-9,11,13H,2,7,10,12H2,1H3/b11-3-,15-13-. The van der Waals surface area contributed by atoms with Crippen LogP contribution >= 0.6 is 11.6 Å². The van der Waals surface area contributed by atoms with Crippen LogP contribution in [0.2, 0.25) is 0 Å². The highest BCUT2D eigenvalue weighted by atomic mass is 35.5. The fraction of sp³-hybridized carbons (Fsp3) is 0.312. The normalized spacial score (nSPS) is 11.8. The first-order valence-electron chi connectivity index (χ1n) is 6.46. The average Bonchev–Trinajstić information content (AvgIpc) is 2.45. The molecule has 0 saturated carbocycles. The Balaban J connectivity index is 2.22. The molecule has 0 spiro atoms. The summed E-state index contributed by atoms with van der Waals surface area (Å²) in [5.41, 5.74) is 1.28. The van der Waals surface area contributed by atoms with Gasteiger partial charge < -0.3 is 4.74 Å². The lowest BCUT2D eigenvalue weighted by molar-refractivity contribution is -0.110. The molecule has 0 fully saturated rings. The number of ether oxygens (including phenoxy) is 1. The molecule has 0 heterocycles. The number of halogens is 1. The van der Waals surface area contributed by atoms with Gasteiger partial charge in [0.25, 0.3) is 0 Å². The SMILES string of the molecule is CC/C=C\C(=O)/C(Cl)=C/OCCCc1ccccc1. The third kappa shape index (κ3) is 6.82. The first kappa shape index (κ1) is 15.5. The van der Waals surface area contributed by atoms with Crippen LogP contribution < -0.4 is 0 Å². The number of allylic oxidation sites excluding steroid dienone is 3. The van der Waals surface area contributed by atoms with E-state index in [-0.39, 0.29) is 10.8 Å². The van der Waals surface area contributed by atoms with E-state index in [4.69, 9.17) is 16.3 Å². The third-order valence-electron chi connectivity index (χ3n) is 2.50. The summed E-state index contributed by atoms with van der Waals surface area (Å²) in [5.74, 6) is -0.216. The Morgan fingerprint density at radius 1 is 1.32 bits per heavy atom. The summed E-state index contributed by atoms with van der Waals surface area (Å²) >= 11 is 5.80. The predicted molar refractivity (Wildman–Crippen MR) is 79.1 cm³/mol. The van der Waals surface area contributed by atoms with Crippen LogP contribution in [-0.4, -0.2) is 12.4 Å². The zero-order valence-electron chi connectivity index (χ0n) is 11.1. The summed E-state index contributed by atoms with van der Waals surface area (Å²) < 4.78 is 5.27. The zero-order valence-corrected chi connectivity index (χ0v) is 11.9. The van der Waals surface area contributed by atoms with Crippen LogP contribution in [0, 0.1) is 0 Å². The molecule has 0 radical (unpaired) electrons. The van der Waals surface area contributed by atoms with E-state index in [0.717, 1.165) is 19.3 Å². The molecule has 0 atom stereocenters. The molecule has 0 aliphatic rings. The van der Waals surface area contributed by atoms with Crippen molar-refractivity contribution >= 4 is 17.4 Å². The maximum absolute atomic E-state index is 11.4. The largest absolute Gasteiger partial charge is 0.499 e. The number of hydrogen-bond acceptors (Lipinski definition) is 2. The molecule has 0 aliphatic heterocycles. The van der Waals surface area contributed by atoms with Crippen molar-refractivity contribution in [2.24, 2.45) is 0 Å². The Bertz CT molecular complexity index is 435. The highest BCUT2D eigenvalue weighted by molar-refractivity contribution is 6.44. The van der Waals surface area contributed by atoms with Crippen LogP contribution in [0.1, 0.15) is 25.3 Å². The fourth-order valence-electron chi connectivity index (χ4n) is 1.50. The van der Waals surface area contributed by atoms with Gasteiger partial charge in [0.1, 0.15) is 11.3 Å². The Kier molecular flexibility index (Phi) is 7.68. The molecule has 1 aromatic rings. The van der Waals surface area contributed by atoms with Gasteiger partial charge in [-0.1, -0.05) is 54.9 Å². The van der Waals surface area contributed by atoms with Crippen molar-refractivity contribution in [1.29, 1.82) is 0 Å². The third-order valence-corrected chi connectivity index (χ3v) is 2.77. The minimum Gasteiger partial charge on any atom is -0.499 e. The van der Waals surface area contributed by atoms with Crippen LogP contribution in [0.3, 0.4) is 0 Å². The summed E-state index contributed by atoms with van der Waals surface area (Å²) in [4.78, 5) is 11.4. The van der Waals surface area contributed by atoms with E-state index in [1.165, 1.54) is 17.9 Å². The minimum absolute atomic E-state index is 0.115.